The van der Waals surface area contributed by atoms with Gasteiger partial charge in [-0.05, 0) is 41.8 Å². The molecule has 126 valence electrons. The Kier molecular flexibility index (Phi) is 6.19. The van der Waals surface area contributed by atoms with Crippen molar-refractivity contribution in [2.24, 2.45) is 0 Å². The summed E-state index contributed by atoms with van der Waals surface area (Å²) in [6, 6.07) is 16.2. The van der Waals surface area contributed by atoms with E-state index in [1.54, 1.807) is 6.07 Å². The van der Waals surface area contributed by atoms with Crippen molar-refractivity contribution in [2.75, 3.05) is 7.11 Å². The van der Waals surface area contributed by atoms with Gasteiger partial charge in [-0.1, -0.05) is 45.0 Å². The van der Waals surface area contributed by atoms with Crippen LogP contribution >= 0.6 is 0 Å². The van der Waals surface area contributed by atoms with Gasteiger partial charge < -0.3 is 9.72 Å². The number of nitrogens with one attached hydrogen (secondary N) is 1. The number of aryl methyl sites for hydroxylation is 1. The van der Waals surface area contributed by atoms with Gasteiger partial charge in [0.15, 0.2) is 0 Å². The van der Waals surface area contributed by atoms with Gasteiger partial charge in [0.05, 0.1) is 12.7 Å². The van der Waals surface area contributed by atoms with Crippen LogP contribution in [0.4, 0.5) is 0 Å². The van der Waals surface area contributed by atoms with E-state index in [4.69, 9.17) is 4.74 Å². The zero-order valence-corrected chi connectivity index (χ0v) is 14.8. The lowest BCUT2D eigenvalue weighted by Crippen LogP contribution is -2.00. The summed E-state index contributed by atoms with van der Waals surface area (Å²) in [4.78, 5) is 15.0. The number of hydrogen-bond donors (Lipinski definition) is 1. The molecule has 0 unspecified atom stereocenters. The molecule has 1 aromatic heterocycles. The van der Waals surface area contributed by atoms with E-state index in [0.29, 0.717) is 5.56 Å². The zero-order chi connectivity index (χ0) is 17.5. The van der Waals surface area contributed by atoms with Crippen LogP contribution in [0.2, 0.25) is 0 Å². The summed E-state index contributed by atoms with van der Waals surface area (Å²) in [5.74, 6) is -0.305. The highest BCUT2D eigenvalue weighted by atomic mass is 16.5. The molecule has 0 aliphatic carbocycles. The third kappa shape index (κ3) is 3.85. The molecule has 0 radical (unpaired) electrons. The van der Waals surface area contributed by atoms with Gasteiger partial charge in [-0.25, -0.2) is 4.79 Å². The highest BCUT2D eigenvalue weighted by Crippen LogP contribution is 2.21. The topological polar surface area (TPSA) is 42.1 Å². The average Bonchev–Trinajstić information content (AvgIpc) is 3.04. The first kappa shape index (κ1) is 17.8. The Bertz CT molecular complexity index is 818. The summed E-state index contributed by atoms with van der Waals surface area (Å²) < 4.78 is 4.77. The molecule has 0 saturated carbocycles. The van der Waals surface area contributed by atoms with Gasteiger partial charge >= 0.3 is 5.97 Å². The van der Waals surface area contributed by atoms with Crippen LogP contribution in [0.5, 0.6) is 0 Å². The van der Waals surface area contributed by atoms with Crippen molar-refractivity contribution in [2.45, 2.75) is 33.6 Å². The third-order valence-corrected chi connectivity index (χ3v) is 3.98. The SMILES string of the molecule is CC.CCc1ccccc1Cc1cc2cc(C(=O)OC)ccc2[nH]1. The molecular formula is C21H25NO2. The number of aromatic amines is 1. The van der Waals surface area contributed by atoms with Crippen LogP contribution in [-0.4, -0.2) is 18.1 Å². The Labute approximate surface area is 143 Å². The Morgan fingerprint density at radius 2 is 1.75 bits per heavy atom. The van der Waals surface area contributed by atoms with Gasteiger partial charge in [-0.2, -0.15) is 0 Å². The molecule has 3 nitrogen and oxygen atoms in total. The first-order valence-electron chi connectivity index (χ1n) is 8.48. The number of methoxy groups -OCH3 is 1. The molecule has 0 bridgehead atoms. The van der Waals surface area contributed by atoms with Crippen LogP contribution < -0.4 is 0 Å². The van der Waals surface area contributed by atoms with Crippen molar-refractivity contribution < 1.29 is 9.53 Å². The van der Waals surface area contributed by atoms with Crippen molar-refractivity contribution in [3.05, 3.63) is 70.9 Å². The predicted octanol–water partition coefficient (Wildman–Crippen LogP) is 5.13. The number of carbonyl (C=O) groups is 1. The molecule has 0 aliphatic rings. The van der Waals surface area contributed by atoms with Crippen molar-refractivity contribution in [3.63, 3.8) is 0 Å². The van der Waals surface area contributed by atoms with E-state index in [0.717, 1.165) is 29.4 Å². The van der Waals surface area contributed by atoms with Crippen LogP contribution in [-0.2, 0) is 17.6 Å². The third-order valence-electron chi connectivity index (χ3n) is 3.98. The number of ether oxygens (including phenoxy) is 1. The summed E-state index contributed by atoms with van der Waals surface area (Å²) in [6.07, 6.45) is 1.90. The smallest absolute Gasteiger partial charge is 0.337 e. The van der Waals surface area contributed by atoms with E-state index in [1.165, 1.54) is 18.2 Å². The first-order valence-corrected chi connectivity index (χ1v) is 8.48. The minimum absolute atomic E-state index is 0.305. The fourth-order valence-corrected chi connectivity index (χ4v) is 2.81. The minimum atomic E-state index is -0.305. The van der Waals surface area contributed by atoms with Crippen LogP contribution in [0.1, 0.15) is 48.0 Å². The van der Waals surface area contributed by atoms with E-state index < -0.39 is 0 Å². The van der Waals surface area contributed by atoms with Gasteiger partial charge in [0, 0.05) is 23.0 Å². The molecular weight excluding hydrogens is 298 g/mol. The molecule has 1 N–H and O–H groups in total. The van der Waals surface area contributed by atoms with Crippen LogP contribution in [0.15, 0.2) is 48.5 Å². The zero-order valence-electron chi connectivity index (χ0n) is 14.8. The van der Waals surface area contributed by atoms with Crippen molar-refractivity contribution >= 4 is 16.9 Å². The Balaban J connectivity index is 0.00000100. The van der Waals surface area contributed by atoms with Crippen molar-refractivity contribution in [1.29, 1.82) is 0 Å². The Hall–Kier alpha value is -2.55. The molecule has 24 heavy (non-hydrogen) atoms. The van der Waals surface area contributed by atoms with E-state index in [9.17, 15) is 4.79 Å². The fourth-order valence-electron chi connectivity index (χ4n) is 2.81. The standard InChI is InChI=1S/C19H19NO2.C2H6/c1-3-13-6-4-5-7-14(13)11-17-12-16-10-15(19(21)22-2)8-9-18(16)20-17;1-2/h4-10,12,20H,3,11H2,1-2H3;1-2H3. The highest BCUT2D eigenvalue weighted by Gasteiger charge is 2.09. The van der Waals surface area contributed by atoms with E-state index in [2.05, 4.69) is 42.2 Å². The number of benzene rings is 2. The van der Waals surface area contributed by atoms with Gasteiger partial charge in [-0.3, -0.25) is 0 Å². The van der Waals surface area contributed by atoms with Gasteiger partial charge in [0.1, 0.15) is 0 Å². The second kappa shape index (κ2) is 8.34. The molecule has 3 heteroatoms. The van der Waals surface area contributed by atoms with Gasteiger partial charge in [0.2, 0.25) is 0 Å². The molecule has 0 amide bonds. The van der Waals surface area contributed by atoms with Gasteiger partial charge in [-0.15, -0.1) is 0 Å². The molecule has 3 aromatic rings. The molecule has 0 saturated heterocycles. The van der Waals surface area contributed by atoms with E-state index in [-0.39, 0.29) is 5.97 Å². The molecule has 0 aliphatic heterocycles. The van der Waals surface area contributed by atoms with E-state index in [1.807, 2.05) is 26.0 Å². The Morgan fingerprint density at radius 3 is 2.42 bits per heavy atom. The second-order valence-corrected chi connectivity index (χ2v) is 5.39. The van der Waals surface area contributed by atoms with Crippen LogP contribution in [0.25, 0.3) is 10.9 Å². The first-order chi connectivity index (χ1) is 11.7. The van der Waals surface area contributed by atoms with Gasteiger partial charge in [0.25, 0.3) is 0 Å². The maximum Gasteiger partial charge on any atom is 0.337 e. The predicted molar refractivity (Wildman–Crippen MR) is 99.6 cm³/mol. The monoisotopic (exact) mass is 323 g/mol. The van der Waals surface area contributed by atoms with E-state index >= 15 is 0 Å². The van der Waals surface area contributed by atoms with Crippen LogP contribution in [0.3, 0.4) is 0 Å². The summed E-state index contributed by atoms with van der Waals surface area (Å²) in [7, 11) is 1.40. The number of fused-ring (bicyclic) bond motifs is 1. The highest BCUT2D eigenvalue weighted by molar-refractivity contribution is 5.94. The number of aromatic nitrogens is 1. The second-order valence-electron chi connectivity index (χ2n) is 5.39. The number of hydrogen-bond acceptors (Lipinski definition) is 2. The molecule has 0 fully saturated rings. The summed E-state index contributed by atoms with van der Waals surface area (Å²) in [6.45, 7) is 6.17. The van der Waals surface area contributed by atoms with Crippen molar-refractivity contribution in [1.82, 2.24) is 4.98 Å². The fraction of sp³-hybridized carbons (Fsp3) is 0.286. The molecule has 2 aromatic carbocycles. The summed E-state index contributed by atoms with van der Waals surface area (Å²) >= 11 is 0. The lowest BCUT2D eigenvalue weighted by molar-refractivity contribution is 0.0601. The summed E-state index contributed by atoms with van der Waals surface area (Å²) in [5.41, 5.74) is 5.48. The normalized spacial score (nSPS) is 10.2. The molecule has 0 spiro atoms. The average molecular weight is 323 g/mol. The molecule has 0 atom stereocenters. The van der Waals surface area contributed by atoms with Crippen molar-refractivity contribution in [3.8, 4) is 0 Å². The number of esters is 1. The largest absolute Gasteiger partial charge is 0.465 e. The number of carbonyl (C=O) groups excluding carboxylic acids is 1. The lowest BCUT2D eigenvalue weighted by atomic mass is 10.0. The lowest BCUT2D eigenvalue weighted by Gasteiger charge is -2.05. The Morgan fingerprint density at radius 1 is 1.04 bits per heavy atom. The molecule has 3 rings (SSSR count). The number of rotatable bonds is 4. The van der Waals surface area contributed by atoms with Crippen LogP contribution in [0, 0.1) is 0 Å². The molecule has 1 heterocycles. The maximum atomic E-state index is 11.6. The summed E-state index contributed by atoms with van der Waals surface area (Å²) in [5, 5.41) is 1.03. The minimum Gasteiger partial charge on any atom is -0.465 e. The maximum absolute atomic E-state index is 11.6. The quantitative estimate of drug-likeness (QED) is 0.676. The number of H-pyrrole nitrogens is 1.